The minimum Gasteiger partial charge on any atom is -0.380 e. The zero-order chi connectivity index (χ0) is 13.8. The number of hydrogen-bond donors (Lipinski definition) is 1. The van der Waals surface area contributed by atoms with Gasteiger partial charge in [-0.1, -0.05) is 0 Å². The lowest BCUT2D eigenvalue weighted by molar-refractivity contribution is 0.0911. The van der Waals surface area contributed by atoms with Gasteiger partial charge in [0.1, 0.15) is 0 Å². The van der Waals surface area contributed by atoms with Gasteiger partial charge in [-0.2, -0.15) is 11.3 Å². The second-order valence-electron chi connectivity index (χ2n) is 5.72. The van der Waals surface area contributed by atoms with E-state index in [9.17, 15) is 4.79 Å². The summed E-state index contributed by atoms with van der Waals surface area (Å²) in [5.41, 5.74) is 0.788. The maximum Gasteiger partial charge on any atom is 0.252 e. The van der Waals surface area contributed by atoms with Crippen LogP contribution in [0.4, 0.5) is 0 Å². The molecule has 4 nitrogen and oxygen atoms in total. The third kappa shape index (κ3) is 3.40. The molecule has 1 aromatic rings. The molecule has 1 amide bonds. The van der Waals surface area contributed by atoms with E-state index in [1.165, 1.54) is 19.3 Å². The Morgan fingerprint density at radius 2 is 2.25 bits per heavy atom. The van der Waals surface area contributed by atoms with Crippen LogP contribution in [-0.2, 0) is 4.74 Å². The first-order valence-corrected chi connectivity index (χ1v) is 8.39. The highest BCUT2D eigenvalue weighted by atomic mass is 32.1. The lowest BCUT2D eigenvalue weighted by Gasteiger charge is -2.35. The number of rotatable bonds is 4. The Hall–Kier alpha value is -0.910. The van der Waals surface area contributed by atoms with Crippen molar-refractivity contribution >= 4 is 17.2 Å². The Labute approximate surface area is 124 Å². The summed E-state index contributed by atoms with van der Waals surface area (Å²) in [4.78, 5) is 14.5. The molecule has 0 aromatic carbocycles. The Kier molecular flexibility index (Phi) is 4.70. The normalized spacial score (nSPS) is 24.9. The molecule has 3 heterocycles. The van der Waals surface area contributed by atoms with Crippen molar-refractivity contribution in [3.8, 4) is 0 Å². The molecule has 2 aliphatic heterocycles. The molecular formula is C15H22N2O2S. The molecule has 110 valence electrons. The average Bonchev–Trinajstić information content (AvgIpc) is 3.18. The van der Waals surface area contributed by atoms with Crippen molar-refractivity contribution in [2.45, 2.75) is 25.3 Å². The minimum absolute atomic E-state index is 0.0675. The summed E-state index contributed by atoms with van der Waals surface area (Å²) >= 11 is 1.56. The van der Waals surface area contributed by atoms with Gasteiger partial charge in [-0.15, -0.1) is 0 Å². The molecule has 0 unspecified atom stereocenters. The SMILES string of the molecule is O=C(NCC1CCN([C@H]2CCOC2)CC1)c1ccsc1. The van der Waals surface area contributed by atoms with Gasteiger partial charge in [-0.25, -0.2) is 0 Å². The van der Waals surface area contributed by atoms with Gasteiger partial charge in [0.15, 0.2) is 0 Å². The van der Waals surface area contributed by atoms with E-state index in [-0.39, 0.29) is 5.91 Å². The second-order valence-corrected chi connectivity index (χ2v) is 6.50. The van der Waals surface area contributed by atoms with Crippen LogP contribution >= 0.6 is 11.3 Å². The highest BCUT2D eigenvalue weighted by molar-refractivity contribution is 7.08. The largest absolute Gasteiger partial charge is 0.380 e. The summed E-state index contributed by atoms with van der Waals surface area (Å²) < 4.78 is 5.46. The van der Waals surface area contributed by atoms with Crippen LogP contribution < -0.4 is 5.32 Å². The van der Waals surface area contributed by atoms with Crippen LogP contribution in [0.2, 0.25) is 0 Å². The van der Waals surface area contributed by atoms with Gasteiger partial charge in [-0.05, 0) is 49.7 Å². The quantitative estimate of drug-likeness (QED) is 0.923. The van der Waals surface area contributed by atoms with Gasteiger partial charge in [0.05, 0.1) is 6.61 Å². The van der Waals surface area contributed by atoms with Crippen LogP contribution in [-0.4, -0.2) is 49.7 Å². The molecular weight excluding hydrogens is 272 g/mol. The number of nitrogens with one attached hydrogen (secondary N) is 1. The maximum atomic E-state index is 11.9. The number of carbonyl (C=O) groups is 1. The zero-order valence-electron chi connectivity index (χ0n) is 11.7. The van der Waals surface area contributed by atoms with Gasteiger partial charge in [0, 0.05) is 30.1 Å². The Morgan fingerprint density at radius 3 is 2.90 bits per heavy atom. The first-order valence-electron chi connectivity index (χ1n) is 7.45. The molecule has 0 saturated carbocycles. The maximum absolute atomic E-state index is 11.9. The smallest absolute Gasteiger partial charge is 0.252 e. The summed E-state index contributed by atoms with van der Waals surface area (Å²) in [6.45, 7) is 4.92. The summed E-state index contributed by atoms with van der Waals surface area (Å²) in [5.74, 6) is 0.689. The molecule has 0 spiro atoms. The van der Waals surface area contributed by atoms with E-state index in [1.807, 2.05) is 16.8 Å². The van der Waals surface area contributed by atoms with E-state index >= 15 is 0 Å². The molecule has 1 atom stereocenters. The molecule has 20 heavy (non-hydrogen) atoms. The minimum atomic E-state index is 0.0675. The Bertz CT molecular complexity index is 421. The van der Waals surface area contributed by atoms with E-state index in [4.69, 9.17) is 4.74 Å². The van der Waals surface area contributed by atoms with Crippen LogP contribution in [0.3, 0.4) is 0 Å². The average molecular weight is 294 g/mol. The van der Waals surface area contributed by atoms with Crippen molar-refractivity contribution in [2.24, 2.45) is 5.92 Å². The third-order valence-corrected chi connectivity index (χ3v) is 5.09. The molecule has 2 aliphatic rings. The molecule has 1 aromatic heterocycles. The number of likely N-dealkylation sites (tertiary alicyclic amines) is 1. The van der Waals surface area contributed by atoms with Crippen LogP contribution in [0.25, 0.3) is 0 Å². The Balaban J connectivity index is 1.39. The molecule has 0 bridgehead atoms. The van der Waals surface area contributed by atoms with Crippen molar-refractivity contribution in [1.82, 2.24) is 10.2 Å². The van der Waals surface area contributed by atoms with Gasteiger partial charge in [0.2, 0.25) is 0 Å². The molecule has 0 radical (unpaired) electrons. The first kappa shape index (κ1) is 14.0. The standard InChI is InChI=1S/C15H22N2O2S/c18-15(13-4-8-20-11-13)16-9-12-1-5-17(6-2-12)14-3-7-19-10-14/h4,8,11-12,14H,1-3,5-7,9-10H2,(H,16,18)/t14-/m0/s1. The fraction of sp³-hybridized carbons (Fsp3) is 0.667. The fourth-order valence-electron chi connectivity index (χ4n) is 3.07. The fourth-order valence-corrected chi connectivity index (χ4v) is 3.70. The van der Waals surface area contributed by atoms with E-state index < -0.39 is 0 Å². The van der Waals surface area contributed by atoms with Crippen LogP contribution in [0.5, 0.6) is 0 Å². The number of hydrogen-bond acceptors (Lipinski definition) is 4. The number of ether oxygens (including phenoxy) is 1. The molecule has 2 fully saturated rings. The van der Waals surface area contributed by atoms with Crippen molar-refractivity contribution in [1.29, 1.82) is 0 Å². The summed E-state index contributed by atoms with van der Waals surface area (Å²) in [6, 6.07) is 2.51. The van der Waals surface area contributed by atoms with Gasteiger partial charge >= 0.3 is 0 Å². The molecule has 3 rings (SSSR count). The van der Waals surface area contributed by atoms with E-state index in [0.717, 1.165) is 38.4 Å². The molecule has 0 aliphatic carbocycles. The molecule has 5 heteroatoms. The van der Waals surface area contributed by atoms with E-state index in [0.29, 0.717) is 12.0 Å². The monoisotopic (exact) mass is 294 g/mol. The van der Waals surface area contributed by atoms with E-state index in [2.05, 4.69) is 10.2 Å². The van der Waals surface area contributed by atoms with E-state index in [1.54, 1.807) is 11.3 Å². The highest BCUT2D eigenvalue weighted by Crippen LogP contribution is 2.22. The van der Waals surface area contributed by atoms with Crippen molar-refractivity contribution in [3.05, 3.63) is 22.4 Å². The van der Waals surface area contributed by atoms with Gasteiger partial charge in [-0.3, -0.25) is 9.69 Å². The lowest BCUT2D eigenvalue weighted by Crippen LogP contribution is -2.43. The van der Waals surface area contributed by atoms with Crippen LogP contribution in [0.1, 0.15) is 29.6 Å². The predicted molar refractivity (Wildman–Crippen MR) is 80.2 cm³/mol. The van der Waals surface area contributed by atoms with Gasteiger partial charge in [0.25, 0.3) is 5.91 Å². The second kappa shape index (κ2) is 6.70. The number of amides is 1. The first-order chi connectivity index (χ1) is 9.83. The zero-order valence-corrected chi connectivity index (χ0v) is 12.5. The predicted octanol–water partition coefficient (Wildman–Crippen LogP) is 1.98. The van der Waals surface area contributed by atoms with Crippen LogP contribution in [0.15, 0.2) is 16.8 Å². The number of piperidine rings is 1. The highest BCUT2D eigenvalue weighted by Gasteiger charge is 2.27. The third-order valence-electron chi connectivity index (χ3n) is 4.41. The van der Waals surface area contributed by atoms with Crippen molar-refractivity contribution < 1.29 is 9.53 Å². The van der Waals surface area contributed by atoms with Crippen LogP contribution in [0, 0.1) is 5.92 Å². The lowest BCUT2D eigenvalue weighted by atomic mass is 9.95. The van der Waals surface area contributed by atoms with Crippen molar-refractivity contribution in [3.63, 3.8) is 0 Å². The molecule has 2 saturated heterocycles. The Morgan fingerprint density at radius 1 is 1.40 bits per heavy atom. The number of thiophene rings is 1. The number of carbonyl (C=O) groups excluding carboxylic acids is 1. The van der Waals surface area contributed by atoms with Gasteiger partial charge < -0.3 is 10.1 Å². The summed E-state index contributed by atoms with van der Waals surface area (Å²) in [6.07, 6.45) is 3.54. The summed E-state index contributed by atoms with van der Waals surface area (Å²) in [5, 5.41) is 6.91. The number of nitrogens with zero attached hydrogens (tertiary/aromatic N) is 1. The summed E-state index contributed by atoms with van der Waals surface area (Å²) in [7, 11) is 0. The molecule has 1 N–H and O–H groups in total. The topological polar surface area (TPSA) is 41.6 Å². The van der Waals surface area contributed by atoms with Crippen molar-refractivity contribution in [2.75, 3.05) is 32.8 Å².